The Kier molecular flexibility index (Phi) is 6.64. The Morgan fingerprint density at radius 3 is 2.28 bits per heavy atom. The van der Waals surface area contributed by atoms with Crippen molar-refractivity contribution >= 4 is 37.3 Å². The Morgan fingerprint density at radius 2 is 1.67 bits per heavy atom. The van der Waals surface area contributed by atoms with Gasteiger partial charge in [-0.1, -0.05) is 19.3 Å². The minimum Gasteiger partial charge on any atom is -0.508 e. The number of benzene rings is 2. The molecule has 0 radical (unpaired) electrons. The van der Waals surface area contributed by atoms with Crippen LogP contribution in [0.3, 0.4) is 0 Å². The summed E-state index contributed by atoms with van der Waals surface area (Å²) in [5.41, 5.74) is 1.02. The molecule has 4 rings (SSSR count). The van der Waals surface area contributed by atoms with E-state index in [0.717, 1.165) is 50.0 Å². The normalized spacial score (nSPS) is 17.7. The summed E-state index contributed by atoms with van der Waals surface area (Å²) in [4.78, 5) is 15.2. The van der Waals surface area contributed by atoms with Gasteiger partial charge in [0.05, 0.1) is 11.2 Å². The molecular weight excluding hydrogens is 502 g/mol. The first-order valence-electron chi connectivity index (χ1n) is 11.9. The lowest BCUT2D eigenvalue weighted by Gasteiger charge is -2.34. The van der Waals surface area contributed by atoms with Crippen LogP contribution in [-0.2, 0) is 25.5 Å². The van der Waals surface area contributed by atoms with Gasteiger partial charge in [-0.05, 0) is 75.6 Å². The second kappa shape index (κ2) is 9.04. The molecule has 1 aliphatic carbocycles. The van der Waals surface area contributed by atoms with Crippen LogP contribution in [-0.4, -0.2) is 46.2 Å². The van der Waals surface area contributed by atoms with Crippen LogP contribution >= 0.6 is 0 Å². The van der Waals surface area contributed by atoms with Crippen molar-refractivity contribution in [3.05, 3.63) is 47.5 Å². The maximum Gasteiger partial charge on any atom is 0.258 e. The predicted octanol–water partition coefficient (Wildman–Crippen LogP) is 3.70. The van der Waals surface area contributed by atoms with E-state index in [1.807, 2.05) is 0 Å². The average Bonchev–Trinajstić information content (AvgIpc) is 3.03. The highest BCUT2D eigenvalue weighted by atomic mass is 32.2. The van der Waals surface area contributed by atoms with Crippen molar-refractivity contribution in [3.8, 4) is 5.75 Å². The van der Waals surface area contributed by atoms with E-state index < -0.39 is 31.5 Å². The van der Waals surface area contributed by atoms with Gasteiger partial charge < -0.3 is 10.0 Å². The molecule has 1 heterocycles. The van der Waals surface area contributed by atoms with Crippen molar-refractivity contribution in [2.45, 2.75) is 68.7 Å². The maximum absolute atomic E-state index is 13.8. The molecule has 1 spiro atoms. The Bertz CT molecular complexity index is 1410. The van der Waals surface area contributed by atoms with Crippen LogP contribution in [0.5, 0.6) is 5.75 Å². The van der Waals surface area contributed by atoms with Crippen LogP contribution in [0, 0.1) is 0 Å². The molecule has 0 unspecified atom stereocenters. The Balaban J connectivity index is 1.75. The molecule has 0 saturated heterocycles. The van der Waals surface area contributed by atoms with E-state index in [9.17, 15) is 26.7 Å². The molecule has 2 aromatic carbocycles. The number of amides is 1. The van der Waals surface area contributed by atoms with E-state index >= 15 is 0 Å². The van der Waals surface area contributed by atoms with E-state index in [0.29, 0.717) is 17.9 Å². The molecule has 0 bridgehead atoms. The van der Waals surface area contributed by atoms with E-state index in [4.69, 9.17) is 0 Å². The van der Waals surface area contributed by atoms with Crippen molar-refractivity contribution in [2.24, 2.45) is 0 Å². The van der Waals surface area contributed by atoms with Crippen LogP contribution < -0.4 is 14.3 Å². The smallest absolute Gasteiger partial charge is 0.258 e. The fourth-order valence-electron chi connectivity index (χ4n) is 5.26. The summed E-state index contributed by atoms with van der Waals surface area (Å²) in [6, 6.07) is 8.82. The number of nitrogens with one attached hydrogen (secondary N) is 2. The monoisotopic (exact) mass is 535 g/mol. The number of rotatable bonds is 5. The zero-order valence-corrected chi connectivity index (χ0v) is 22.6. The molecule has 2 aromatic rings. The highest BCUT2D eigenvalue weighted by molar-refractivity contribution is 7.92. The fraction of sp³-hybridized carbons (Fsp3) is 0.480. The number of carbonyl (C=O) groups excluding carboxylic acids is 1. The molecule has 1 saturated carbocycles. The number of sulfonamides is 2. The van der Waals surface area contributed by atoms with E-state index in [-0.39, 0.29) is 21.6 Å². The maximum atomic E-state index is 13.8. The van der Waals surface area contributed by atoms with Crippen molar-refractivity contribution in [1.82, 2.24) is 4.72 Å². The predicted molar refractivity (Wildman–Crippen MR) is 140 cm³/mol. The first-order chi connectivity index (χ1) is 16.6. The van der Waals surface area contributed by atoms with Crippen molar-refractivity contribution in [1.29, 1.82) is 0 Å². The van der Waals surface area contributed by atoms with E-state index in [1.165, 1.54) is 12.1 Å². The number of phenolic OH excluding ortho intramolecular Hbond substituents is 1. The number of hydrogen-bond donors (Lipinski definition) is 3. The third-order valence-corrected chi connectivity index (χ3v) is 8.91. The van der Waals surface area contributed by atoms with Gasteiger partial charge in [-0.3, -0.25) is 9.52 Å². The molecular formula is C25H33N3O6S2. The van der Waals surface area contributed by atoms with Gasteiger partial charge >= 0.3 is 0 Å². The number of nitrogens with zero attached hydrogens (tertiary/aromatic N) is 1. The second-order valence-corrected chi connectivity index (χ2v) is 14.3. The number of anilines is 2. The van der Waals surface area contributed by atoms with Gasteiger partial charge in [0.25, 0.3) is 5.91 Å². The number of phenols is 1. The lowest BCUT2D eigenvalue weighted by Crippen LogP contribution is -2.40. The summed E-state index contributed by atoms with van der Waals surface area (Å²) < 4.78 is 54.4. The highest BCUT2D eigenvalue weighted by Crippen LogP contribution is 2.50. The zero-order valence-electron chi connectivity index (χ0n) is 21.0. The number of aromatic hydroxyl groups is 1. The molecule has 2 aliphatic rings. The lowest BCUT2D eigenvalue weighted by atomic mass is 9.70. The molecule has 1 fully saturated rings. The van der Waals surface area contributed by atoms with Gasteiger partial charge in [-0.15, -0.1) is 0 Å². The zero-order chi connectivity index (χ0) is 26.5. The number of carbonyl (C=O) groups is 1. The largest absolute Gasteiger partial charge is 0.508 e. The summed E-state index contributed by atoms with van der Waals surface area (Å²) in [7, 11) is -7.44. The average molecular weight is 536 g/mol. The third kappa shape index (κ3) is 5.52. The van der Waals surface area contributed by atoms with Crippen molar-refractivity contribution in [3.63, 3.8) is 0 Å². The molecule has 0 atom stereocenters. The Labute approximate surface area is 213 Å². The van der Waals surface area contributed by atoms with Crippen LogP contribution in [0.2, 0.25) is 0 Å². The molecule has 11 heteroatoms. The van der Waals surface area contributed by atoms with Gasteiger partial charge in [0.15, 0.2) is 0 Å². The molecule has 196 valence electrons. The SMILES string of the molecule is CC(C)(C)NS(=O)(=O)c1cc(O)cc(C(=O)N2CC3(CCCCC3)c3cc(NS(C)(=O)=O)ccc32)c1. The molecule has 1 aliphatic heterocycles. The molecule has 9 nitrogen and oxygen atoms in total. The first kappa shape index (κ1) is 26.4. The number of fused-ring (bicyclic) bond motifs is 2. The standard InChI is InChI=1S/C25H33N3O6S2/c1-24(2,3)27-36(33,34)20-13-17(12-19(29)15-20)23(30)28-16-25(10-6-5-7-11-25)21-14-18(8-9-22(21)28)26-35(4,31)32/h8-9,12-15,26-27,29H,5-7,10-11,16H2,1-4H3. The molecule has 3 N–H and O–H groups in total. The van der Waals surface area contributed by atoms with Crippen LogP contribution in [0.25, 0.3) is 0 Å². The number of hydrogen-bond acceptors (Lipinski definition) is 6. The summed E-state index contributed by atoms with van der Waals surface area (Å²) in [5.74, 6) is -0.750. The van der Waals surface area contributed by atoms with E-state index in [1.54, 1.807) is 43.9 Å². The first-order valence-corrected chi connectivity index (χ1v) is 15.3. The van der Waals surface area contributed by atoms with Crippen LogP contribution in [0.1, 0.15) is 68.8 Å². The summed E-state index contributed by atoms with van der Waals surface area (Å²) in [6.45, 7) is 5.52. The van der Waals surface area contributed by atoms with E-state index in [2.05, 4.69) is 9.44 Å². The van der Waals surface area contributed by atoms with Gasteiger partial charge in [-0.2, -0.15) is 0 Å². The highest BCUT2D eigenvalue weighted by Gasteiger charge is 2.45. The fourth-order valence-corrected chi connectivity index (χ4v) is 7.30. The van der Waals surface area contributed by atoms with Gasteiger partial charge in [0.2, 0.25) is 20.0 Å². The Hall–Kier alpha value is -2.63. The minimum atomic E-state index is -3.98. The lowest BCUT2D eigenvalue weighted by molar-refractivity contribution is 0.0981. The summed E-state index contributed by atoms with van der Waals surface area (Å²) >= 11 is 0. The second-order valence-electron chi connectivity index (χ2n) is 10.9. The third-order valence-electron chi connectivity index (χ3n) is 6.57. The quantitative estimate of drug-likeness (QED) is 0.535. The topological polar surface area (TPSA) is 133 Å². The summed E-state index contributed by atoms with van der Waals surface area (Å²) in [6.07, 6.45) is 5.91. The summed E-state index contributed by atoms with van der Waals surface area (Å²) in [5, 5.41) is 10.3. The van der Waals surface area contributed by atoms with Gasteiger partial charge in [-0.25, -0.2) is 21.6 Å². The molecule has 0 aromatic heterocycles. The minimum absolute atomic E-state index is 0.0569. The van der Waals surface area contributed by atoms with Gasteiger partial charge in [0, 0.05) is 34.4 Å². The van der Waals surface area contributed by atoms with Crippen molar-refractivity contribution in [2.75, 3.05) is 22.4 Å². The molecule has 36 heavy (non-hydrogen) atoms. The van der Waals surface area contributed by atoms with Crippen molar-refractivity contribution < 1.29 is 26.7 Å². The Morgan fingerprint density at radius 1 is 1.00 bits per heavy atom. The van der Waals surface area contributed by atoms with Crippen LogP contribution in [0.15, 0.2) is 41.3 Å². The van der Waals surface area contributed by atoms with Gasteiger partial charge in [0.1, 0.15) is 5.75 Å². The van der Waals surface area contributed by atoms with Crippen LogP contribution in [0.4, 0.5) is 11.4 Å². The molecule has 1 amide bonds.